The van der Waals surface area contributed by atoms with Crippen molar-refractivity contribution < 1.29 is 33.4 Å². The molecular weight excluding hydrogens is 578 g/mol. The van der Waals surface area contributed by atoms with Gasteiger partial charge in [-0.25, -0.2) is 9.59 Å². The van der Waals surface area contributed by atoms with E-state index in [1.807, 2.05) is 19.1 Å². The fourth-order valence-electron chi connectivity index (χ4n) is 2.53. The molecule has 3 rings (SSSR count). The summed E-state index contributed by atoms with van der Waals surface area (Å²) in [5.74, 6) is -1.91. The highest BCUT2D eigenvalue weighted by atomic mass is 79.9. The SMILES string of the molecule is CC(=O)OC(C)=O.COC(=O)c1cc(Br)cc(C)c1N.COC(=O)c1cc(Br)cc2cn[nH]c12. The van der Waals surface area contributed by atoms with E-state index in [0.29, 0.717) is 22.3 Å². The van der Waals surface area contributed by atoms with E-state index in [9.17, 15) is 19.2 Å². The largest absolute Gasteiger partial charge is 0.465 e. The van der Waals surface area contributed by atoms with Gasteiger partial charge in [-0.05, 0) is 36.8 Å². The molecule has 1 aromatic heterocycles. The molecule has 0 fully saturated rings. The van der Waals surface area contributed by atoms with Crippen LogP contribution in [-0.4, -0.2) is 48.3 Å². The molecule has 0 aliphatic carbocycles. The molecule has 3 N–H and O–H groups in total. The third-order valence-electron chi connectivity index (χ3n) is 3.96. The minimum atomic E-state index is -0.562. The van der Waals surface area contributed by atoms with Gasteiger partial charge >= 0.3 is 23.9 Å². The van der Waals surface area contributed by atoms with Crippen LogP contribution in [0.5, 0.6) is 0 Å². The molecule has 0 radical (unpaired) electrons. The molecule has 2 aromatic carbocycles. The number of anilines is 1. The first-order valence-electron chi connectivity index (χ1n) is 9.45. The number of ether oxygens (including phenoxy) is 3. The van der Waals surface area contributed by atoms with Crippen LogP contribution in [0.2, 0.25) is 0 Å². The van der Waals surface area contributed by atoms with Gasteiger partial charge in [0.05, 0.1) is 37.1 Å². The Morgan fingerprint density at radius 1 is 0.882 bits per heavy atom. The number of aromatic amines is 1. The van der Waals surface area contributed by atoms with Crippen molar-refractivity contribution >= 4 is 72.3 Å². The molecule has 0 saturated heterocycles. The Kier molecular flexibility index (Phi) is 11.4. The molecular formula is C22H23Br2N3O7. The molecule has 34 heavy (non-hydrogen) atoms. The zero-order valence-corrected chi connectivity index (χ0v) is 22.2. The number of nitrogens with one attached hydrogen (secondary N) is 1. The van der Waals surface area contributed by atoms with Crippen molar-refractivity contribution in [1.82, 2.24) is 10.2 Å². The number of esters is 4. The molecule has 182 valence electrons. The van der Waals surface area contributed by atoms with Crippen LogP contribution < -0.4 is 5.73 Å². The van der Waals surface area contributed by atoms with Gasteiger partial charge in [-0.1, -0.05) is 31.9 Å². The average Bonchev–Trinajstić information content (AvgIpc) is 3.22. The summed E-state index contributed by atoms with van der Waals surface area (Å²) in [4.78, 5) is 42.2. The molecule has 0 saturated carbocycles. The highest BCUT2D eigenvalue weighted by Gasteiger charge is 2.13. The van der Waals surface area contributed by atoms with Crippen LogP contribution in [0.25, 0.3) is 10.9 Å². The number of carbonyl (C=O) groups excluding carboxylic acids is 4. The molecule has 0 unspecified atom stereocenters. The third-order valence-corrected chi connectivity index (χ3v) is 4.88. The predicted molar refractivity (Wildman–Crippen MR) is 132 cm³/mol. The second kappa shape index (κ2) is 13.5. The summed E-state index contributed by atoms with van der Waals surface area (Å²) in [7, 11) is 2.68. The molecule has 0 aliphatic rings. The van der Waals surface area contributed by atoms with E-state index >= 15 is 0 Å². The number of hydrogen-bond acceptors (Lipinski definition) is 9. The zero-order chi connectivity index (χ0) is 26.0. The number of nitrogens with zero attached hydrogens (tertiary/aromatic N) is 1. The average molecular weight is 601 g/mol. The van der Waals surface area contributed by atoms with Gasteiger partial charge in [0.15, 0.2) is 0 Å². The molecule has 0 amide bonds. The van der Waals surface area contributed by atoms with Crippen molar-refractivity contribution in [2.75, 3.05) is 20.0 Å². The van der Waals surface area contributed by atoms with E-state index in [2.05, 4.69) is 56.3 Å². The van der Waals surface area contributed by atoms with Crippen LogP contribution in [0.3, 0.4) is 0 Å². The molecule has 3 aromatic rings. The predicted octanol–water partition coefficient (Wildman–Crippen LogP) is 4.33. The summed E-state index contributed by atoms with van der Waals surface area (Å²) >= 11 is 6.60. The molecule has 0 atom stereocenters. The number of H-pyrrole nitrogens is 1. The Labute approximate surface area is 212 Å². The van der Waals surface area contributed by atoms with Gasteiger partial charge < -0.3 is 19.9 Å². The maximum absolute atomic E-state index is 11.4. The lowest BCUT2D eigenvalue weighted by atomic mass is 10.1. The van der Waals surface area contributed by atoms with Crippen LogP contribution in [0.1, 0.15) is 40.1 Å². The minimum absolute atomic E-state index is 0.374. The Hall–Kier alpha value is -3.25. The van der Waals surface area contributed by atoms with Gasteiger partial charge in [-0.15, -0.1) is 0 Å². The van der Waals surface area contributed by atoms with Crippen LogP contribution in [0.4, 0.5) is 5.69 Å². The number of aromatic nitrogens is 2. The number of nitrogen functional groups attached to an aromatic ring is 1. The van der Waals surface area contributed by atoms with Gasteiger partial charge in [0.2, 0.25) is 0 Å². The number of carbonyl (C=O) groups is 4. The van der Waals surface area contributed by atoms with E-state index in [0.717, 1.165) is 19.9 Å². The van der Waals surface area contributed by atoms with Crippen molar-refractivity contribution in [3.63, 3.8) is 0 Å². The minimum Gasteiger partial charge on any atom is -0.465 e. The topological polar surface area (TPSA) is 151 Å². The lowest BCUT2D eigenvalue weighted by Gasteiger charge is -2.06. The standard InChI is InChI=1S/C9H7BrN2O2.C9H10BrNO2.C4H6O3/c1-14-9(13)7-3-6(10)2-5-4-11-12-8(5)7;1-5-3-6(10)4-7(8(5)11)9(12)13-2;1-3(5)7-4(2)6/h2-4H,1H3,(H,11,12);3-4H,11H2,1-2H3;1-2H3. The highest BCUT2D eigenvalue weighted by molar-refractivity contribution is 9.10. The fourth-order valence-corrected chi connectivity index (χ4v) is 3.58. The molecule has 0 spiro atoms. The van der Waals surface area contributed by atoms with Crippen LogP contribution in [0.15, 0.2) is 39.4 Å². The van der Waals surface area contributed by atoms with Crippen LogP contribution in [-0.2, 0) is 23.8 Å². The molecule has 0 bridgehead atoms. The van der Waals surface area contributed by atoms with Crippen molar-refractivity contribution in [1.29, 1.82) is 0 Å². The van der Waals surface area contributed by atoms with Gasteiger partial charge in [0.25, 0.3) is 0 Å². The summed E-state index contributed by atoms with van der Waals surface area (Å²) in [5.41, 5.74) is 8.60. The number of halogens is 2. The van der Waals surface area contributed by atoms with Gasteiger partial charge in [0, 0.05) is 33.9 Å². The molecule has 10 nitrogen and oxygen atoms in total. The summed E-state index contributed by atoms with van der Waals surface area (Å²) in [6, 6.07) is 7.08. The smallest absolute Gasteiger partial charge is 0.340 e. The van der Waals surface area contributed by atoms with E-state index in [-0.39, 0.29) is 5.97 Å². The second-order valence-corrected chi connectivity index (χ2v) is 8.37. The number of rotatable bonds is 2. The van der Waals surface area contributed by atoms with Gasteiger partial charge in [-0.2, -0.15) is 5.10 Å². The maximum atomic E-state index is 11.4. The van der Waals surface area contributed by atoms with Crippen molar-refractivity contribution in [2.24, 2.45) is 0 Å². The number of methoxy groups -OCH3 is 2. The first kappa shape index (κ1) is 28.8. The number of nitrogens with two attached hydrogens (primary N) is 1. The first-order chi connectivity index (χ1) is 15.9. The Bertz CT molecular complexity index is 1200. The summed E-state index contributed by atoms with van der Waals surface area (Å²) in [6.45, 7) is 4.20. The molecule has 0 aliphatic heterocycles. The Balaban J connectivity index is 0.000000271. The molecule has 1 heterocycles. The Morgan fingerprint density at radius 3 is 1.88 bits per heavy atom. The first-order valence-corrected chi connectivity index (χ1v) is 11.0. The number of benzene rings is 2. The van der Waals surface area contributed by atoms with E-state index in [1.54, 1.807) is 18.3 Å². The maximum Gasteiger partial charge on any atom is 0.340 e. The van der Waals surface area contributed by atoms with Crippen LogP contribution in [0, 0.1) is 6.92 Å². The van der Waals surface area contributed by atoms with Crippen molar-refractivity contribution in [2.45, 2.75) is 20.8 Å². The quantitative estimate of drug-likeness (QED) is 0.189. The number of fused-ring (bicyclic) bond motifs is 1. The second-order valence-electron chi connectivity index (χ2n) is 6.54. The zero-order valence-electron chi connectivity index (χ0n) is 19.0. The third kappa shape index (κ3) is 8.60. The van der Waals surface area contributed by atoms with Crippen molar-refractivity contribution in [3.8, 4) is 0 Å². The van der Waals surface area contributed by atoms with Crippen molar-refractivity contribution in [3.05, 3.63) is 56.1 Å². The fraction of sp³-hybridized carbons (Fsp3) is 0.227. The number of aryl methyl sites for hydroxylation is 1. The summed E-state index contributed by atoms with van der Waals surface area (Å²) < 4.78 is 14.9. The lowest BCUT2D eigenvalue weighted by molar-refractivity contribution is -0.156. The monoisotopic (exact) mass is 599 g/mol. The lowest BCUT2D eigenvalue weighted by Crippen LogP contribution is -2.06. The number of hydrogen-bond donors (Lipinski definition) is 2. The van der Waals surface area contributed by atoms with Crippen LogP contribution >= 0.6 is 31.9 Å². The summed E-state index contributed by atoms with van der Waals surface area (Å²) in [6.07, 6.45) is 1.66. The van der Waals surface area contributed by atoms with E-state index in [4.69, 9.17) is 5.73 Å². The molecule has 12 heteroatoms. The van der Waals surface area contributed by atoms with E-state index in [1.165, 1.54) is 28.1 Å². The van der Waals surface area contributed by atoms with Gasteiger partial charge in [0.1, 0.15) is 0 Å². The summed E-state index contributed by atoms with van der Waals surface area (Å²) in [5, 5.41) is 7.50. The normalized spacial score (nSPS) is 9.62. The van der Waals surface area contributed by atoms with Gasteiger partial charge in [-0.3, -0.25) is 14.7 Å². The van der Waals surface area contributed by atoms with E-state index < -0.39 is 17.9 Å². The Morgan fingerprint density at radius 2 is 1.38 bits per heavy atom. The highest BCUT2D eigenvalue weighted by Crippen LogP contribution is 2.24.